The van der Waals surface area contributed by atoms with Crippen molar-refractivity contribution in [3.8, 4) is 33.4 Å². The summed E-state index contributed by atoms with van der Waals surface area (Å²) >= 11 is 6.89. The lowest BCUT2D eigenvalue weighted by atomic mass is 9.87. The number of rotatable bonds is 3. The molecule has 33 heavy (non-hydrogen) atoms. The standard InChI is InChI=1S/C32H21Cl/c33-31-21-28(22-10-3-1-4-11-22)30(20-29(31)23-12-5-2-6-13-23)27-17-9-15-25-19-18-24-14-7-8-16-26(24)32(25)27/h1-21H. The summed E-state index contributed by atoms with van der Waals surface area (Å²) in [5, 5.41) is 5.78. The highest BCUT2D eigenvalue weighted by molar-refractivity contribution is 6.34. The maximum absolute atomic E-state index is 6.89. The molecular formula is C32H21Cl. The lowest BCUT2D eigenvalue weighted by Gasteiger charge is -2.17. The quantitative estimate of drug-likeness (QED) is 0.240. The Labute approximate surface area is 198 Å². The molecule has 0 fully saturated rings. The van der Waals surface area contributed by atoms with Crippen LogP contribution in [0.4, 0.5) is 0 Å². The minimum absolute atomic E-state index is 0.758. The number of benzene rings is 6. The average molecular weight is 441 g/mol. The summed E-state index contributed by atoms with van der Waals surface area (Å²) in [5.41, 5.74) is 6.87. The molecule has 6 aromatic rings. The van der Waals surface area contributed by atoms with E-state index in [-0.39, 0.29) is 0 Å². The van der Waals surface area contributed by atoms with Gasteiger partial charge in [-0.15, -0.1) is 0 Å². The Morgan fingerprint density at radius 3 is 1.76 bits per heavy atom. The molecule has 0 radical (unpaired) electrons. The van der Waals surface area contributed by atoms with Crippen molar-refractivity contribution in [2.24, 2.45) is 0 Å². The van der Waals surface area contributed by atoms with Crippen molar-refractivity contribution in [1.29, 1.82) is 0 Å². The van der Waals surface area contributed by atoms with Gasteiger partial charge >= 0.3 is 0 Å². The van der Waals surface area contributed by atoms with Crippen LogP contribution in [0.1, 0.15) is 0 Å². The molecule has 0 saturated heterocycles. The molecular weight excluding hydrogens is 420 g/mol. The number of fused-ring (bicyclic) bond motifs is 3. The van der Waals surface area contributed by atoms with Gasteiger partial charge in [-0.05, 0) is 61.5 Å². The molecule has 0 N–H and O–H groups in total. The Morgan fingerprint density at radius 1 is 0.394 bits per heavy atom. The van der Waals surface area contributed by atoms with Crippen molar-refractivity contribution < 1.29 is 0 Å². The zero-order chi connectivity index (χ0) is 22.2. The zero-order valence-electron chi connectivity index (χ0n) is 18.0. The first-order valence-electron chi connectivity index (χ1n) is 11.1. The van der Waals surface area contributed by atoms with E-state index >= 15 is 0 Å². The van der Waals surface area contributed by atoms with E-state index in [0.717, 1.165) is 27.3 Å². The van der Waals surface area contributed by atoms with Gasteiger partial charge in [-0.3, -0.25) is 0 Å². The van der Waals surface area contributed by atoms with Gasteiger partial charge in [0.15, 0.2) is 0 Å². The number of hydrogen-bond acceptors (Lipinski definition) is 0. The van der Waals surface area contributed by atoms with Crippen molar-refractivity contribution in [2.45, 2.75) is 0 Å². The topological polar surface area (TPSA) is 0 Å². The molecule has 0 bridgehead atoms. The summed E-state index contributed by atoms with van der Waals surface area (Å²) in [5.74, 6) is 0. The van der Waals surface area contributed by atoms with Crippen LogP contribution in [-0.4, -0.2) is 0 Å². The summed E-state index contributed by atoms with van der Waals surface area (Å²) in [6, 6.07) is 44.9. The fraction of sp³-hybridized carbons (Fsp3) is 0. The van der Waals surface area contributed by atoms with Crippen LogP contribution in [-0.2, 0) is 0 Å². The molecule has 6 rings (SSSR count). The monoisotopic (exact) mass is 440 g/mol. The highest BCUT2D eigenvalue weighted by atomic mass is 35.5. The van der Waals surface area contributed by atoms with Gasteiger partial charge in [0.25, 0.3) is 0 Å². The SMILES string of the molecule is Clc1cc(-c2ccccc2)c(-c2cccc3ccc4ccccc4c23)cc1-c1ccccc1. The van der Waals surface area contributed by atoms with E-state index in [2.05, 4.69) is 121 Å². The first-order chi connectivity index (χ1) is 16.3. The molecule has 6 aromatic carbocycles. The van der Waals surface area contributed by atoms with Gasteiger partial charge in [-0.25, -0.2) is 0 Å². The summed E-state index contributed by atoms with van der Waals surface area (Å²) in [6.45, 7) is 0. The van der Waals surface area contributed by atoms with E-state index in [4.69, 9.17) is 11.6 Å². The lowest BCUT2D eigenvalue weighted by Crippen LogP contribution is -1.91. The second-order valence-corrected chi connectivity index (χ2v) is 8.71. The number of hydrogen-bond donors (Lipinski definition) is 0. The van der Waals surface area contributed by atoms with Gasteiger partial charge in [-0.2, -0.15) is 0 Å². The molecule has 0 saturated carbocycles. The molecule has 0 heterocycles. The van der Waals surface area contributed by atoms with Gasteiger partial charge in [-0.1, -0.05) is 127 Å². The molecule has 0 aliphatic carbocycles. The largest absolute Gasteiger partial charge is 0.0836 e. The predicted molar refractivity (Wildman–Crippen MR) is 143 cm³/mol. The van der Waals surface area contributed by atoms with E-state index in [1.165, 1.54) is 32.7 Å². The van der Waals surface area contributed by atoms with E-state index in [1.807, 2.05) is 6.07 Å². The third-order valence-corrected chi connectivity index (χ3v) is 6.65. The van der Waals surface area contributed by atoms with Gasteiger partial charge in [0.1, 0.15) is 0 Å². The summed E-state index contributed by atoms with van der Waals surface area (Å²) in [7, 11) is 0. The Morgan fingerprint density at radius 2 is 1.00 bits per heavy atom. The van der Waals surface area contributed by atoms with Crippen molar-refractivity contribution in [3.63, 3.8) is 0 Å². The van der Waals surface area contributed by atoms with Crippen molar-refractivity contribution in [3.05, 3.63) is 132 Å². The van der Waals surface area contributed by atoms with Crippen LogP contribution in [0.5, 0.6) is 0 Å². The molecule has 0 spiro atoms. The summed E-state index contributed by atoms with van der Waals surface area (Å²) in [4.78, 5) is 0. The summed E-state index contributed by atoms with van der Waals surface area (Å²) in [6.07, 6.45) is 0. The Balaban J connectivity index is 1.73. The highest BCUT2D eigenvalue weighted by Crippen LogP contribution is 2.43. The summed E-state index contributed by atoms with van der Waals surface area (Å²) < 4.78 is 0. The van der Waals surface area contributed by atoms with Crippen molar-refractivity contribution >= 4 is 33.1 Å². The fourth-order valence-corrected chi connectivity index (χ4v) is 5.05. The molecule has 0 aliphatic heterocycles. The van der Waals surface area contributed by atoms with Gasteiger partial charge in [0, 0.05) is 10.6 Å². The molecule has 0 nitrogen and oxygen atoms in total. The van der Waals surface area contributed by atoms with Gasteiger partial charge in [0.2, 0.25) is 0 Å². The maximum Gasteiger partial charge on any atom is 0.0491 e. The van der Waals surface area contributed by atoms with Gasteiger partial charge < -0.3 is 0 Å². The molecule has 0 aliphatic rings. The average Bonchev–Trinajstić information content (AvgIpc) is 2.89. The smallest absolute Gasteiger partial charge is 0.0491 e. The second kappa shape index (κ2) is 8.24. The van der Waals surface area contributed by atoms with Crippen LogP contribution in [0.3, 0.4) is 0 Å². The first-order valence-corrected chi connectivity index (χ1v) is 11.5. The predicted octanol–water partition coefficient (Wildman–Crippen LogP) is 9.65. The lowest BCUT2D eigenvalue weighted by molar-refractivity contribution is 1.57. The molecule has 1 heteroatoms. The van der Waals surface area contributed by atoms with Crippen LogP contribution < -0.4 is 0 Å². The van der Waals surface area contributed by atoms with Crippen LogP contribution in [0.2, 0.25) is 5.02 Å². The minimum Gasteiger partial charge on any atom is -0.0836 e. The van der Waals surface area contributed by atoms with Crippen molar-refractivity contribution in [1.82, 2.24) is 0 Å². The Kier molecular flexibility index (Phi) is 4.94. The molecule has 156 valence electrons. The maximum atomic E-state index is 6.89. The highest BCUT2D eigenvalue weighted by Gasteiger charge is 2.16. The third kappa shape index (κ3) is 3.50. The molecule has 0 aromatic heterocycles. The first kappa shape index (κ1) is 19.8. The Bertz CT molecular complexity index is 1600. The number of halogens is 1. The van der Waals surface area contributed by atoms with Gasteiger partial charge in [0.05, 0.1) is 0 Å². The van der Waals surface area contributed by atoms with Crippen molar-refractivity contribution in [2.75, 3.05) is 0 Å². The molecule has 0 atom stereocenters. The second-order valence-electron chi connectivity index (χ2n) is 8.30. The van der Waals surface area contributed by atoms with E-state index in [0.29, 0.717) is 0 Å². The Hall–Kier alpha value is -3.87. The van der Waals surface area contributed by atoms with E-state index in [9.17, 15) is 0 Å². The molecule has 0 amide bonds. The fourth-order valence-electron chi connectivity index (χ4n) is 4.78. The van der Waals surface area contributed by atoms with Crippen LogP contribution >= 0.6 is 11.6 Å². The molecule has 0 unspecified atom stereocenters. The van der Waals surface area contributed by atoms with Crippen LogP contribution in [0, 0.1) is 0 Å². The third-order valence-electron chi connectivity index (χ3n) is 6.34. The zero-order valence-corrected chi connectivity index (χ0v) is 18.8. The normalized spacial score (nSPS) is 11.2. The van der Waals surface area contributed by atoms with E-state index < -0.39 is 0 Å². The minimum atomic E-state index is 0.758. The van der Waals surface area contributed by atoms with E-state index in [1.54, 1.807) is 0 Å². The van der Waals surface area contributed by atoms with Crippen LogP contribution in [0.15, 0.2) is 127 Å². The van der Waals surface area contributed by atoms with Crippen LogP contribution in [0.25, 0.3) is 54.9 Å².